The molecular formula is C18H21N3O. The van der Waals surface area contributed by atoms with E-state index in [1.165, 1.54) is 25.1 Å². The quantitative estimate of drug-likeness (QED) is 0.925. The molecule has 0 saturated carbocycles. The number of benzene rings is 1. The molecule has 4 heteroatoms. The fourth-order valence-corrected chi connectivity index (χ4v) is 3.81. The van der Waals surface area contributed by atoms with Gasteiger partial charge in [-0.25, -0.2) is 0 Å². The molecule has 22 heavy (non-hydrogen) atoms. The SMILES string of the molecule is Cc1ccc2cnc(C(=O)N[C@@H]3C[C@@H]4CCN(C4)C3)cc2c1. The van der Waals surface area contributed by atoms with E-state index in [0.717, 1.165) is 29.7 Å². The van der Waals surface area contributed by atoms with Gasteiger partial charge in [-0.15, -0.1) is 0 Å². The Morgan fingerprint density at radius 1 is 1.27 bits per heavy atom. The van der Waals surface area contributed by atoms with Gasteiger partial charge in [0.25, 0.3) is 5.91 Å². The molecular weight excluding hydrogens is 274 g/mol. The minimum absolute atomic E-state index is 0.0455. The topological polar surface area (TPSA) is 45.2 Å². The number of hydrogen-bond donors (Lipinski definition) is 1. The lowest BCUT2D eigenvalue weighted by atomic mass is 9.97. The second-order valence-corrected chi connectivity index (χ2v) is 6.74. The van der Waals surface area contributed by atoms with Crippen LogP contribution in [0.1, 0.15) is 28.9 Å². The molecule has 3 atom stereocenters. The lowest BCUT2D eigenvalue weighted by molar-refractivity contribution is 0.0904. The minimum atomic E-state index is -0.0455. The predicted octanol–water partition coefficient (Wildman–Crippen LogP) is 2.37. The van der Waals surface area contributed by atoms with Crippen molar-refractivity contribution in [2.45, 2.75) is 25.8 Å². The molecule has 2 fully saturated rings. The number of rotatable bonds is 2. The number of amides is 1. The molecule has 2 aromatic rings. The van der Waals surface area contributed by atoms with Gasteiger partial charge >= 0.3 is 0 Å². The van der Waals surface area contributed by atoms with E-state index in [1.807, 2.05) is 12.1 Å². The maximum absolute atomic E-state index is 12.5. The summed E-state index contributed by atoms with van der Waals surface area (Å²) < 4.78 is 0. The highest BCUT2D eigenvalue weighted by atomic mass is 16.1. The van der Waals surface area contributed by atoms with E-state index in [9.17, 15) is 4.79 Å². The molecule has 1 amide bonds. The molecule has 4 nitrogen and oxygen atoms in total. The first-order valence-corrected chi connectivity index (χ1v) is 8.07. The van der Waals surface area contributed by atoms with Crippen molar-refractivity contribution in [3.63, 3.8) is 0 Å². The average Bonchev–Trinajstić information content (AvgIpc) is 2.85. The monoisotopic (exact) mass is 295 g/mol. The Kier molecular flexibility index (Phi) is 3.34. The number of fused-ring (bicyclic) bond motifs is 3. The van der Waals surface area contributed by atoms with Gasteiger partial charge in [0.15, 0.2) is 0 Å². The van der Waals surface area contributed by atoms with Crippen LogP contribution in [0.25, 0.3) is 10.8 Å². The maximum Gasteiger partial charge on any atom is 0.270 e. The zero-order valence-electron chi connectivity index (χ0n) is 12.9. The van der Waals surface area contributed by atoms with Crippen molar-refractivity contribution in [3.8, 4) is 0 Å². The highest BCUT2D eigenvalue weighted by molar-refractivity contribution is 5.96. The van der Waals surface area contributed by atoms with Crippen LogP contribution < -0.4 is 5.32 Å². The number of carbonyl (C=O) groups excluding carboxylic acids is 1. The number of nitrogens with one attached hydrogen (secondary N) is 1. The molecule has 1 aromatic heterocycles. The van der Waals surface area contributed by atoms with Crippen LogP contribution in [0.4, 0.5) is 0 Å². The minimum Gasteiger partial charge on any atom is -0.347 e. The summed E-state index contributed by atoms with van der Waals surface area (Å²) >= 11 is 0. The average molecular weight is 295 g/mol. The van der Waals surface area contributed by atoms with Crippen LogP contribution in [-0.4, -0.2) is 41.5 Å². The van der Waals surface area contributed by atoms with Crippen LogP contribution >= 0.6 is 0 Å². The standard InChI is InChI=1S/C18H21N3O/c1-12-2-3-14-9-19-17(8-15(14)6-12)18(22)20-16-7-13-4-5-21(10-13)11-16/h2-3,6,8-9,13,16H,4-5,7,10-11H2,1H3,(H,20,22)/t13-,16+/m0/s1. The zero-order valence-corrected chi connectivity index (χ0v) is 12.9. The Balaban J connectivity index is 1.52. The van der Waals surface area contributed by atoms with E-state index in [4.69, 9.17) is 0 Å². The Hall–Kier alpha value is -1.94. The molecule has 2 bridgehead atoms. The van der Waals surface area contributed by atoms with Gasteiger partial charge in [-0.3, -0.25) is 9.78 Å². The Bertz CT molecular complexity index is 715. The number of carbonyl (C=O) groups is 1. The number of hydrogen-bond acceptors (Lipinski definition) is 3. The second-order valence-electron chi connectivity index (χ2n) is 6.74. The van der Waals surface area contributed by atoms with Crippen molar-refractivity contribution in [2.24, 2.45) is 5.92 Å². The van der Waals surface area contributed by atoms with Crippen molar-refractivity contribution >= 4 is 16.7 Å². The Morgan fingerprint density at radius 2 is 2.18 bits per heavy atom. The highest BCUT2D eigenvalue weighted by Gasteiger charge is 2.33. The molecule has 1 unspecified atom stereocenters. The molecule has 4 rings (SSSR count). The largest absolute Gasteiger partial charge is 0.347 e. The smallest absolute Gasteiger partial charge is 0.270 e. The van der Waals surface area contributed by atoms with Gasteiger partial charge < -0.3 is 10.2 Å². The normalized spacial score (nSPS) is 27.0. The first kappa shape index (κ1) is 13.7. The lowest BCUT2D eigenvalue weighted by Gasteiger charge is -2.30. The molecule has 2 saturated heterocycles. The van der Waals surface area contributed by atoms with Crippen molar-refractivity contribution in [1.82, 2.24) is 15.2 Å². The fourth-order valence-electron chi connectivity index (χ4n) is 3.81. The Morgan fingerprint density at radius 3 is 3.05 bits per heavy atom. The van der Waals surface area contributed by atoms with Gasteiger partial charge in [0.05, 0.1) is 0 Å². The summed E-state index contributed by atoms with van der Waals surface area (Å²) in [4.78, 5) is 19.3. The summed E-state index contributed by atoms with van der Waals surface area (Å²) in [6.07, 6.45) is 4.17. The fraction of sp³-hybridized carbons (Fsp3) is 0.444. The maximum atomic E-state index is 12.5. The van der Waals surface area contributed by atoms with Crippen LogP contribution in [0.2, 0.25) is 0 Å². The Labute approximate surface area is 130 Å². The lowest BCUT2D eigenvalue weighted by Crippen LogP contribution is -2.47. The summed E-state index contributed by atoms with van der Waals surface area (Å²) in [7, 11) is 0. The molecule has 1 N–H and O–H groups in total. The van der Waals surface area contributed by atoms with E-state index in [0.29, 0.717) is 5.69 Å². The van der Waals surface area contributed by atoms with Crippen LogP contribution in [0.5, 0.6) is 0 Å². The van der Waals surface area contributed by atoms with E-state index in [1.54, 1.807) is 6.20 Å². The van der Waals surface area contributed by atoms with E-state index in [2.05, 4.69) is 34.3 Å². The van der Waals surface area contributed by atoms with Crippen molar-refractivity contribution in [3.05, 3.63) is 41.7 Å². The molecule has 2 aliphatic rings. The molecule has 3 heterocycles. The van der Waals surface area contributed by atoms with Crippen molar-refractivity contribution in [2.75, 3.05) is 19.6 Å². The second kappa shape index (κ2) is 5.36. The predicted molar refractivity (Wildman–Crippen MR) is 86.9 cm³/mol. The summed E-state index contributed by atoms with van der Waals surface area (Å²) in [6.45, 7) is 5.44. The third kappa shape index (κ3) is 2.59. The molecule has 0 radical (unpaired) electrons. The highest BCUT2D eigenvalue weighted by Crippen LogP contribution is 2.26. The summed E-state index contributed by atoms with van der Waals surface area (Å²) in [5.74, 6) is 0.710. The van der Waals surface area contributed by atoms with E-state index in [-0.39, 0.29) is 11.9 Å². The summed E-state index contributed by atoms with van der Waals surface area (Å²) in [5.41, 5.74) is 1.72. The molecule has 0 spiro atoms. The van der Waals surface area contributed by atoms with Gasteiger partial charge in [0, 0.05) is 30.7 Å². The van der Waals surface area contributed by atoms with E-state index >= 15 is 0 Å². The van der Waals surface area contributed by atoms with Gasteiger partial charge in [-0.1, -0.05) is 23.8 Å². The van der Waals surface area contributed by atoms with Crippen LogP contribution in [0.15, 0.2) is 30.5 Å². The number of piperidine rings is 1. The first-order chi connectivity index (χ1) is 10.7. The number of aryl methyl sites for hydroxylation is 1. The van der Waals surface area contributed by atoms with Crippen molar-refractivity contribution < 1.29 is 4.79 Å². The van der Waals surface area contributed by atoms with Gasteiger partial charge in [0.1, 0.15) is 5.69 Å². The van der Waals surface area contributed by atoms with Crippen LogP contribution in [-0.2, 0) is 0 Å². The molecule has 1 aromatic carbocycles. The molecule has 2 aliphatic heterocycles. The third-order valence-electron chi connectivity index (χ3n) is 4.91. The number of pyridine rings is 1. The van der Waals surface area contributed by atoms with Gasteiger partial charge in [0.2, 0.25) is 0 Å². The number of nitrogens with zero attached hydrogens (tertiary/aromatic N) is 2. The van der Waals surface area contributed by atoms with Crippen LogP contribution in [0, 0.1) is 12.8 Å². The van der Waals surface area contributed by atoms with Crippen LogP contribution in [0.3, 0.4) is 0 Å². The van der Waals surface area contributed by atoms with Crippen molar-refractivity contribution in [1.29, 1.82) is 0 Å². The summed E-state index contributed by atoms with van der Waals surface area (Å²) in [5, 5.41) is 5.32. The third-order valence-corrected chi connectivity index (χ3v) is 4.91. The van der Waals surface area contributed by atoms with E-state index < -0.39 is 0 Å². The zero-order chi connectivity index (χ0) is 15.1. The van der Waals surface area contributed by atoms with Gasteiger partial charge in [-0.2, -0.15) is 0 Å². The van der Waals surface area contributed by atoms with Gasteiger partial charge in [-0.05, 0) is 43.7 Å². The summed E-state index contributed by atoms with van der Waals surface area (Å²) in [6, 6.07) is 8.38. The molecule has 114 valence electrons. The number of aromatic nitrogens is 1. The molecule has 0 aliphatic carbocycles. The first-order valence-electron chi connectivity index (χ1n) is 8.07.